The van der Waals surface area contributed by atoms with E-state index in [2.05, 4.69) is 34.2 Å². The number of amides is 1. The predicted molar refractivity (Wildman–Crippen MR) is 93.4 cm³/mol. The van der Waals surface area contributed by atoms with E-state index >= 15 is 0 Å². The van der Waals surface area contributed by atoms with Gasteiger partial charge in [0.25, 0.3) is 5.91 Å². The highest BCUT2D eigenvalue weighted by atomic mass is 16.2. The van der Waals surface area contributed by atoms with Gasteiger partial charge >= 0.3 is 0 Å². The van der Waals surface area contributed by atoms with E-state index in [1.54, 1.807) is 0 Å². The monoisotopic (exact) mass is 342 g/mol. The van der Waals surface area contributed by atoms with Gasteiger partial charge in [-0.25, -0.2) is 4.98 Å². The van der Waals surface area contributed by atoms with E-state index in [1.165, 1.54) is 12.8 Å². The van der Waals surface area contributed by atoms with Gasteiger partial charge < -0.3 is 4.90 Å². The van der Waals surface area contributed by atoms with Crippen molar-refractivity contribution in [3.05, 3.63) is 28.6 Å². The number of nitrogens with one attached hydrogen (secondary N) is 2. The molecule has 25 heavy (non-hydrogen) atoms. The number of aryl methyl sites for hydroxylation is 1. The molecule has 0 radical (unpaired) electrons. The first-order valence-corrected chi connectivity index (χ1v) is 9.18. The maximum absolute atomic E-state index is 13.0. The first-order chi connectivity index (χ1) is 12.0. The molecule has 2 aromatic heterocycles. The van der Waals surface area contributed by atoms with E-state index in [1.807, 2.05) is 18.7 Å². The molecule has 1 aliphatic heterocycles. The molecule has 1 saturated heterocycles. The fourth-order valence-electron chi connectivity index (χ4n) is 3.84. The Kier molecular flexibility index (Phi) is 3.89. The minimum absolute atomic E-state index is 0.0265. The van der Waals surface area contributed by atoms with Crippen molar-refractivity contribution >= 4 is 5.91 Å². The zero-order chi connectivity index (χ0) is 17.7. The van der Waals surface area contributed by atoms with Gasteiger partial charge in [0, 0.05) is 36.2 Å². The minimum atomic E-state index is 0.0265. The molecule has 2 atom stereocenters. The summed E-state index contributed by atoms with van der Waals surface area (Å²) in [5.74, 6) is 3.54. The van der Waals surface area contributed by atoms with E-state index in [0.717, 1.165) is 29.5 Å². The van der Waals surface area contributed by atoms with E-state index < -0.39 is 0 Å². The first-order valence-electron chi connectivity index (χ1n) is 9.18. The van der Waals surface area contributed by atoms with Crippen molar-refractivity contribution in [3.63, 3.8) is 0 Å². The number of H-pyrrole nitrogens is 2. The Hall–Kier alpha value is -2.18. The van der Waals surface area contributed by atoms with Crippen LogP contribution < -0.4 is 0 Å². The quantitative estimate of drug-likeness (QED) is 0.893. The van der Waals surface area contributed by atoms with Gasteiger partial charge in [-0.15, -0.1) is 0 Å². The summed E-state index contributed by atoms with van der Waals surface area (Å²) in [6.07, 6.45) is 2.52. The lowest BCUT2D eigenvalue weighted by molar-refractivity contribution is 0.0778. The van der Waals surface area contributed by atoms with Crippen LogP contribution in [0.5, 0.6) is 0 Å². The van der Waals surface area contributed by atoms with E-state index in [4.69, 9.17) is 4.98 Å². The average molecular weight is 342 g/mol. The molecule has 0 aromatic carbocycles. The SMILES string of the molecule is Cc1[nH]nc(C(=O)N2C[C@H](c3nc(C(C)C)n[nH]3)[C@@H](C3CC3)C2)c1C. The molecule has 2 aromatic rings. The lowest BCUT2D eigenvalue weighted by Crippen LogP contribution is -2.30. The van der Waals surface area contributed by atoms with Crippen LogP contribution in [0.1, 0.15) is 71.9 Å². The summed E-state index contributed by atoms with van der Waals surface area (Å²) in [7, 11) is 0. The summed E-state index contributed by atoms with van der Waals surface area (Å²) in [4.78, 5) is 19.6. The Labute approximate surface area is 147 Å². The van der Waals surface area contributed by atoms with E-state index in [9.17, 15) is 4.79 Å². The second-order valence-corrected chi connectivity index (χ2v) is 7.87. The molecule has 1 saturated carbocycles. The van der Waals surface area contributed by atoms with Gasteiger partial charge in [0.05, 0.1) is 0 Å². The molecule has 7 nitrogen and oxygen atoms in total. The predicted octanol–water partition coefficient (Wildman–Crippen LogP) is 2.53. The van der Waals surface area contributed by atoms with Gasteiger partial charge in [-0.3, -0.25) is 15.0 Å². The number of carbonyl (C=O) groups excluding carboxylic acids is 1. The summed E-state index contributed by atoms with van der Waals surface area (Å²) >= 11 is 0. The van der Waals surface area contributed by atoms with Gasteiger partial charge in [0.2, 0.25) is 0 Å². The molecular weight excluding hydrogens is 316 g/mol. The van der Waals surface area contributed by atoms with Crippen molar-refractivity contribution in [2.24, 2.45) is 11.8 Å². The minimum Gasteiger partial charge on any atom is -0.336 e. The van der Waals surface area contributed by atoms with Gasteiger partial charge in [-0.1, -0.05) is 13.8 Å². The third-order valence-electron chi connectivity index (χ3n) is 5.72. The smallest absolute Gasteiger partial charge is 0.274 e. The Balaban J connectivity index is 1.58. The number of aromatic nitrogens is 5. The van der Waals surface area contributed by atoms with Crippen LogP contribution in [0.3, 0.4) is 0 Å². The summed E-state index contributed by atoms with van der Waals surface area (Å²) in [6.45, 7) is 9.57. The maximum atomic E-state index is 13.0. The van der Waals surface area contributed by atoms with Crippen molar-refractivity contribution in [2.45, 2.75) is 52.4 Å². The van der Waals surface area contributed by atoms with E-state index in [-0.39, 0.29) is 11.8 Å². The molecule has 7 heteroatoms. The van der Waals surface area contributed by atoms with Crippen LogP contribution in [0.4, 0.5) is 0 Å². The van der Waals surface area contributed by atoms with Crippen molar-refractivity contribution in [3.8, 4) is 0 Å². The molecular formula is C18H26N6O. The number of carbonyl (C=O) groups is 1. The number of hydrogen-bond donors (Lipinski definition) is 2. The Bertz CT molecular complexity index is 787. The number of nitrogens with zero attached hydrogens (tertiary/aromatic N) is 4. The number of rotatable bonds is 4. The second kappa shape index (κ2) is 5.97. The third-order valence-corrected chi connectivity index (χ3v) is 5.72. The third kappa shape index (κ3) is 2.85. The molecule has 134 valence electrons. The molecule has 2 aliphatic rings. The van der Waals surface area contributed by atoms with Crippen molar-refractivity contribution in [2.75, 3.05) is 13.1 Å². The van der Waals surface area contributed by atoms with Crippen LogP contribution >= 0.6 is 0 Å². The fraction of sp³-hybridized carbons (Fsp3) is 0.667. The Morgan fingerprint density at radius 1 is 1.16 bits per heavy atom. The molecule has 2 fully saturated rings. The molecule has 0 unspecified atom stereocenters. The molecule has 0 bridgehead atoms. The van der Waals surface area contributed by atoms with Crippen LogP contribution in [0.15, 0.2) is 0 Å². The zero-order valence-corrected chi connectivity index (χ0v) is 15.3. The van der Waals surface area contributed by atoms with E-state index in [0.29, 0.717) is 30.0 Å². The Morgan fingerprint density at radius 2 is 1.92 bits per heavy atom. The van der Waals surface area contributed by atoms with Crippen molar-refractivity contribution in [1.29, 1.82) is 0 Å². The average Bonchev–Trinajstić information content (AvgIpc) is 3.01. The molecule has 0 spiro atoms. The number of likely N-dealkylation sites (tertiary alicyclic amines) is 1. The lowest BCUT2D eigenvalue weighted by Gasteiger charge is -2.15. The van der Waals surface area contributed by atoms with Crippen LogP contribution in [-0.4, -0.2) is 49.3 Å². The van der Waals surface area contributed by atoms with Crippen molar-refractivity contribution < 1.29 is 4.79 Å². The molecule has 4 rings (SSSR count). The van der Waals surface area contributed by atoms with Crippen LogP contribution in [0.2, 0.25) is 0 Å². The number of hydrogen-bond acceptors (Lipinski definition) is 4. The molecule has 1 aliphatic carbocycles. The van der Waals surface area contributed by atoms with Gasteiger partial charge in [-0.05, 0) is 38.5 Å². The largest absolute Gasteiger partial charge is 0.336 e. The zero-order valence-electron chi connectivity index (χ0n) is 15.3. The van der Waals surface area contributed by atoms with Crippen LogP contribution in [-0.2, 0) is 0 Å². The normalized spacial score (nSPS) is 23.6. The Morgan fingerprint density at radius 3 is 2.48 bits per heavy atom. The standard InChI is InChI=1S/C18H26N6O/c1-9(2)16-19-17(23-22-16)14-8-24(7-13(14)12-5-6-12)18(25)15-10(3)11(4)20-21-15/h9,12-14H,5-8H2,1-4H3,(H,20,21)(H,19,22,23)/t13-,14+/m1/s1. The molecule has 3 heterocycles. The maximum Gasteiger partial charge on any atom is 0.274 e. The topological polar surface area (TPSA) is 90.6 Å². The highest BCUT2D eigenvalue weighted by Crippen LogP contribution is 2.47. The lowest BCUT2D eigenvalue weighted by atomic mass is 9.91. The summed E-state index contributed by atoms with van der Waals surface area (Å²) in [5, 5.41) is 14.6. The molecule has 1 amide bonds. The first kappa shape index (κ1) is 16.3. The van der Waals surface area contributed by atoms with Crippen molar-refractivity contribution in [1.82, 2.24) is 30.3 Å². The van der Waals surface area contributed by atoms with Crippen LogP contribution in [0.25, 0.3) is 0 Å². The van der Waals surface area contributed by atoms with Gasteiger partial charge in [-0.2, -0.15) is 10.2 Å². The van der Waals surface area contributed by atoms with Gasteiger partial charge in [0.15, 0.2) is 11.5 Å². The second-order valence-electron chi connectivity index (χ2n) is 7.87. The number of aromatic amines is 2. The van der Waals surface area contributed by atoms with Gasteiger partial charge in [0.1, 0.15) is 5.82 Å². The highest BCUT2D eigenvalue weighted by Gasteiger charge is 2.46. The fourth-order valence-corrected chi connectivity index (χ4v) is 3.84. The highest BCUT2D eigenvalue weighted by molar-refractivity contribution is 5.94. The summed E-state index contributed by atoms with van der Waals surface area (Å²) < 4.78 is 0. The van der Waals surface area contributed by atoms with Crippen LogP contribution in [0, 0.1) is 25.7 Å². The summed E-state index contributed by atoms with van der Waals surface area (Å²) in [6, 6.07) is 0. The summed E-state index contributed by atoms with van der Waals surface area (Å²) in [5.41, 5.74) is 2.45. The molecule has 2 N–H and O–H groups in total.